The second-order valence-electron chi connectivity index (χ2n) is 4.14. The average Bonchev–Trinajstić information content (AvgIpc) is 2.35. The molecule has 0 bridgehead atoms. The van der Waals surface area contributed by atoms with Gasteiger partial charge in [0, 0.05) is 18.2 Å². The molecule has 0 aliphatic carbocycles. The van der Waals surface area contributed by atoms with Crippen LogP contribution in [-0.2, 0) is 10.0 Å². The summed E-state index contributed by atoms with van der Waals surface area (Å²) in [6, 6.07) is 2.59. The number of methoxy groups -OCH3 is 3. The number of rotatable bonds is 6. The highest BCUT2D eigenvalue weighted by atomic mass is 32.2. The van der Waals surface area contributed by atoms with Gasteiger partial charge in [-0.25, -0.2) is 13.1 Å². The van der Waals surface area contributed by atoms with Crippen molar-refractivity contribution in [3.05, 3.63) is 12.1 Å². The summed E-state index contributed by atoms with van der Waals surface area (Å²) in [6.07, 6.45) is 0. The molecular formula is C12H19NO5S. The Labute approximate surface area is 113 Å². The van der Waals surface area contributed by atoms with Gasteiger partial charge < -0.3 is 14.2 Å². The molecule has 0 heterocycles. The zero-order chi connectivity index (χ0) is 14.6. The molecule has 0 unspecified atom stereocenters. The van der Waals surface area contributed by atoms with Crippen LogP contribution in [0.5, 0.6) is 17.2 Å². The highest BCUT2D eigenvalue weighted by Crippen LogP contribution is 2.39. The average molecular weight is 289 g/mol. The largest absolute Gasteiger partial charge is 0.493 e. The predicted octanol–water partition coefficient (Wildman–Crippen LogP) is 1.40. The molecule has 1 rings (SSSR count). The van der Waals surface area contributed by atoms with Crippen LogP contribution in [-0.4, -0.2) is 35.8 Å². The third-order valence-corrected chi connectivity index (χ3v) is 3.98. The molecule has 1 aromatic carbocycles. The molecule has 108 valence electrons. The molecule has 1 aromatic rings. The maximum absolute atomic E-state index is 12.1. The third-order valence-electron chi connectivity index (χ3n) is 2.34. The summed E-state index contributed by atoms with van der Waals surface area (Å²) < 4.78 is 42.1. The highest BCUT2D eigenvalue weighted by molar-refractivity contribution is 7.89. The van der Waals surface area contributed by atoms with Crippen LogP contribution >= 0.6 is 0 Å². The predicted molar refractivity (Wildman–Crippen MR) is 71.6 cm³/mol. The van der Waals surface area contributed by atoms with Crippen molar-refractivity contribution >= 4 is 10.0 Å². The first-order valence-electron chi connectivity index (χ1n) is 5.68. The van der Waals surface area contributed by atoms with E-state index in [1.54, 1.807) is 13.8 Å². The lowest BCUT2D eigenvalue weighted by atomic mass is 10.3. The summed E-state index contributed by atoms with van der Waals surface area (Å²) in [5, 5.41) is 0. The van der Waals surface area contributed by atoms with Crippen LogP contribution in [0, 0.1) is 0 Å². The second kappa shape index (κ2) is 6.12. The molecule has 0 saturated carbocycles. The van der Waals surface area contributed by atoms with E-state index in [4.69, 9.17) is 14.2 Å². The van der Waals surface area contributed by atoms with Crippen LogP contribution in [0.4, 0.5) is 0 Å². The molecule has 0 saturated heterocycles. The lowest BCUT2D eigenvalue weighted by Gasteiger charge is -2.15. The highest BCUT2D eigenvalue weighted by Gasteiger charge is 2.21. The number of hydrogen-bond donors (Lipinski definition) is 1. The van der Waals surface area contributed by atoms with Gasteiger partial charge in [0.2, 0.25) is 15.8 Å². The SMILES string of the molecule is COc1cc(S(=O)(=O)NC(C)C)cc(OC)c1OC. The minimum atomic E-state index is -3.62. The molecule has 7 heteroatoms. The van der Waals surface area contributed by atoms with Crippen molar-refractivity contribution in [3.8, 4) is 17.2 Å². The molecule has 0 aliphatic rings. The summed E-state index contributed by atoms with van der Waals surface area (Å²) in [7, 11) is 0.712. The zero-order valence-corrected chi connectivity index (χ0v) is 12.5. The first-order valence-corrected chi connectivity index (χ1v) is 7.16. The van der Waals surface area contributed by atoms with Crippen molar-refractivity contribution in [1.82, 2.24) is 4.72 Å². The molecule has 1 N–H and O–H groups in total. The minimum Gasteiger partial charge on any atom is -0.493 e. The fourth-order valence-corrected chi connectivity index (χ4v) is 2.87. The molecule has 0 aliphatic heterocycles. The van der Waals surface area contributed by atoms with Gasteiger partial charge >= 0.3 is 0 Å². The van der Waals surface area contributed by atoms with E-state index in [0.29, 0.717) is 17.2 Å². The van der Waals surface area contributed by atoms with Crippen molar-refractivity contribution in [2.24, 2.45) is 0 Å². The van der Waals surface area contributed by atoms with E-state index in [2.05, 4.69) is 4.72 Å². The minimum absolute atomic E-state index is 0.0655. The number of benzene rings is 1. The number of nitrogens with one attached hydrogen (secondary N) is 1. The summed E-state index contributed by atoms with van der Waals surface area (Å²) in [6.45, 7) is 3.49. The Kier molecular flexibility index (Phi) is 5.02. The molecular weight excluding hydrogens is 270 g/mol. The molecule has 19 heavy (non-hydrogen) atoms. The molecule has 0 atom stereocenters. The van der Waals surface area contributed by atoms with Gasteiger partial charge in [-0.05, 0) is 13.8 Å². The fourth-order valence-electron chi connectivity index (χ4n) is 1.59. The number of ether oxygens (including phenoxy) is 3. The van der Waals surface area contributed by atoms with Gasteiger partial charge in [0.05, 0.1) is 26.2 Å². The lowest BCUT2D eigenvalue weighted by molar-refractivity contribution is 0.322. The van der Waals surface area contributed by atoms with Crippen LogP contribution in [0.15, 0.2) is 17.0 Å². The van der Waals surface area contributed by atoms with E-state index < -0.39 is 10.0 Å². The summed E-state index contributed by atoms with van der Waals surface area (Å²) in [5.74, 6) is 0.949. The Morgan fingerprint density at radius 2 is 1.47 bits per heavy atom. The van der Waals surface area contributed by atoms with Gasteiger partial charge in [0.1, 0.15) is 0 Å². The van der Waals surface area contributed by atoms with E-state index in [0.717, 1.165) is 0 Å². The third kappa shape index (κ3) is 3.51. The van der Waals surface area contributed by atoms with Crippen molar-refractivity contribution in [2.75, 3.05) is 21.3 Å². The number of hydrogen-bond acceptors (Lipinski definition) is 5. The van der Waals surface area contributed by atoms with Gasteiger partial charge in [-0.3, -0.25) is 0 Å². The van der Waals surface area contributed by atoms with Crippen LogP contribution < -0.4 is 18.9 Å². The second-order valence-corrected chi connectivity index (χ2v) is 5.85. The Hall–Kier alpha value is -1.47. The van der Waals surface area contributed by atoms with E-state index >= 15 is 0 Å². The molecule has 0 aromatic heterocycles. The quantitative estimate of drug-likeness (QED) is 0.857. The van der Waals surface area contributed by atoms with Gasteiger partial charge in [0.25, 0.3) is 0 Å². The van der Waals surface area contributed by atoms with Gasteiger partial charge in [-0.15, -0.1) is 0 Å². The normalized spacial score (nSPS) is 11.5. The summed E-state index contributed by atoms with van der Waals surface area (Å²) in [4.78, 5) is 0.0655. The molecule has 6 nitrogen and oxygen atoms in total. The van der Waals surface area contributed by atoms with Crippen LogP contribution in [0.25, 0.3) is 0 Å². The maximum Gasteiger partial charge on any atom is 0.241 e. The van der Waals surface area contributed by atoms with E-state index in [1.807, 2.05) is 0 Å². The standard InChI is InChI=1S/C12H19NO5S/c1-8(2)13-19(14,15)9-6-10(16-3)12(18-5)11(7-9)17-4/h6-8,13H,1-5H3. The van der Waals surface area contributed by atoms with Crippen molar-refractivity contribution in [3.63, 3.8) is 0 Å². The fraction of sp³-hybridized carbons (Fsp3) is 0.500. The molecule has 0 fully saturated rings. The smallest absolute Gasteiger partial charge is 0.241 e. The molecule has 0 amide bonds. The Morgan fingerprint density at radius 3 is 1.79 bits per heavy atom. The van der Waals surface area contributed by atoms with Gasteiger partial charge in [-0.1, -0.05) is 0 Å². The van der Waals surface area contributed by atoms with Gasteiger partial charge in [-0.2, -0.15) is 0 Å². The van der Waals surface area contributed by atoms with E-state index in [1.165, 1.54) is 33.5 Å². The zero-order valence-electron chi connectivity index (χ0n) is 11.7. The van der Waals surface area contributed by atoms with Gasteiger partial charge in [0.15, 0.2) is 11.5 Å². The molecule has 0 spiro atoms. The Morgan fingerprint density at radius 1 is 1.00 bits per heavy atom. The molecule has 0 radical (unpaired) electrons. The summed E-state index contributed by atoms with van der Waals surface area (Å²) in [5.41, 5.74) is 0. The van der Waals surface area contributed by atoms with E-state index in [-0.39, 0.29) is 10.9 Å². The van der Waals surface area contributed by atoms with Crippen molar-refractivity contribution in [2.45, 2.75) is 24.8 Å². The maximum atomic E-state index is 12.1. The summed E-state index contributed by atoms with van der Waals surface area (Å²) >= 11 is 0. The first-order chi connectivity index (χ1) is 8.85. The Bertz CT molecular complexity index is 514. The van der Waals surface area contributed by atoms with Crippen LogP contribution in [0.2, 0.25) is 0 Å². The Balaban J connectivity index is 3.38. The van der Waals surface area contributed by atoms with Crippen LogP contribution in [0.3, 0.4) is 0 Å². The van der Waals surface area contributed by atoms with Crippen molar-refractivity contribution in [1.29, 1.82) is 0 Å². The lowest BCUT2D eigenvalue weighted by Crippen LogP contribution is -2.30. The van der Waals surface area contributed by atoms with Crippen molar-refractivity contribution < 1.29 is 22.6 Å². The van der Waals surface area contributed by atoms with Crippen LogP contribution in [0.1, 0.15) is 13.8 Å². The number of sulfonamides is 1. The topological polar surface area (TPSA) is 73.9 Å². The monoisotopic (exact) mass is 289 g/mol. The van der Waals surface area contributed by atoms with E-state index in [9.17, 15) is 8.42 Å². The first kappa shape index (κ1) is 15.6.